The topological polar surface area (TPSA) is 26.3 Å². The zero-order valence-electron chi connectivity index (χ0n) is 11.4. The lowest BCUT2D eigenvalue weighted by molar-refractivity contribution is -0.156. The fourth-order valence-electron chi connectivity index (χ4n) is 2.70. The van der Waals surface area contributed by atoms with Gasteiger partial charge in [0.15, 0.2) is 0 Å². The Bertz CT molecular complexity index is 610. The predicted octanol–water partition coefficient (Wildman–Crippen LogP) is 3.91. The molecule has 0 amide bonds. The van der Waals surface area contributed by atoms with Crippen molar-refractivity contribution in [3.63, 3.8) is 0 Å². The Hall–Kier alpha value is -2.06. The summed E-state index contributed by atoms with van der Waals surface area (Å²) < 4.78 is 5.41. The summed E-state index contributed by atoms with van der Waals surface area (Å²) in [5, 5.41) is 0. The lowest BCUT2D eigenvalue weighted by Crippen LogP contribution is -2.41. The van der Waals surface area contributed by atoms with E-state index in [1.165, 1.54) is 0 Å². The second-order valence-electron chi connectivity index (χ2n) is 4.94. The first-order valence-electron chi connectivity index (χ1n) is 6.88. The fourth-order valence-corrected chi connectivity index (χ4v) is 2.86. The second kappa shape index (κ2) is 6.15. The molecule has 0 N–H and O–H groups in total. The van der Waals surface area contributed by atoms with Crippen molar-refractivity contribution >= 4 is 17.6 Å². The quantitative estimate of drug-likeness (QED) is 0.486. The van der Waals surface area contributed by atoms with Gasteiger partial charge < -0.3 is 4.74 Å². The van der Waals surface area contributed by atoms with Crippen LogP contribution in [0.2, 0.25) is 0 Å². The van der Waals surface area contributed by atoms with E-state index >= 15 is 0 Å². The highest BCUT2D eigenvalue weighted by atomic mass is 35.5. The van der Waals surface area contributed by atoms with Gasteiger partial charge in [0.2, 0.25) is 0 Å². The summed E-state index contributed by atoms with van der Waals surface area (Å²) in [5.74, 6) is 0.0501. The minimum atomic E-state index is -0.266. The van der Waals surface area contributed by atoms with Gasteiger partial charge in [-0.15, -0.1) is 11.6 Å². The number of alkyl halides is 1. The summed E-state index contributed by atoms with van der Waals surface area (Å²) in [4.78, 5) is 11.6. The summed E-state index contributed by atoms with van der Waals surface area (Å²) in [6.07, 6.45) is 1.48. The van der Waals surface area contributed by atoms with Gasteiger partial charge in [-0.05, 0) is 11.1 Å². The number of rotatable bonds is 4. The molecule has 0 radical (unpaired) electrons. The molecule has 1 aliphatic rings. The van der Waals surface area contributed by atoms with Gasteiger partial charge in [0.25, 0.3) is 0 Å². The summed E-state index contributed by atoms with van der Waals surface area (Å²) in [7, 11) is 0. The second-order valence-corrected chi connectivity index (χ2v) is 5.25. The minimum Gasteiger partial charge on any atom is -0.453 e. The van der Waals surface area contributed by atoms with E-state index in [1.807, 2.05) is 36.4 Å². The number of hydrogen-bond donors (Lipinski definition) is 0. The maximum Gasteiger partial charge on any atom is 0.338 e. The Kier molecular flexibility index (Phi) is 4.07. The molecule has 21 heavy (non-hydrogen) atoms. The average molecular weight is 299 g/mol. The van der Waals surface area contributed by atoms with Crippen molar-refractivity contribution in [2.24, 2.45) is 0 Å². The number of halogens is 1. The molecule has 1 unspecified atom stereocenters. The zero-order valence-corrected chi connectivity index (χ0v) is 12.2. The van der Waals surface area contributed by atoms with E-state index < -0.39 is 0 Å². The molecule has 2 nitrogen and oxygen atoms in total. The fraction of sp³-hybridized carbons (Fsp3) is 0.167. The van der Waals surface area contributed by atoms with Crippen LogP contribution in [0.5, 0.6) is 0 Å². The number of allylic oxidation sites excluding steroid dienone is 1. The van der Waals surface area contributed by atoms with Gasteiger partial charge in [0, 0.05) is 5.88 Å². The number of carbonyl (C=O) groups is 1. The van der Waals surface area contributed by atoms with Crippen molar-refractivity contribution in [2.75, 3.05) is 5.88 Å². The number of benzene rings is 2. The molecule has 1 atom stereocenters. The highest BCUT2D eigenvalue weighted by molar-refractivity contribution is 6.19. The first kappa shape index (κ1) is 13.9. The highest BCUT2D eigenvalue weighted by Gasteiger charge is 2.42. The van der Waals surface area contributed by atoms with Crippen LogP contribution in [0, 0.1) is 0 Å². The molecule has 0 bridgehead atoms. The molecule has 1 heterocycles. The van der Waals surface area contributed by atoms with Crippen LogP contribution in [0.25, 0.3) is 0 Å². The molecule has 2 aromatic rings. The van der Waals surface area contributed by atoms with E-state index in [-0.39, 0.29) is 18.0 Å². The zero-order chi connectivity index (χ0) is 14.7. The molecular weight excluding hydrogens is 284 g/mol. The Morgan fingerprint density at radius 2 is 1.52 bits per heavy atom. The molecule has 2 aromatic carbocycles. The molecule has 3 rings (SSSR count). The molecule has 0 aliphatic carbocycles. The van der Waals surface area contributed by atoms with E-state index in [0.29, 0.717) is 11.5 Å². The first-order chi connectivity index (χ1) is 10.3. The van der Waals surface area contributed by atoms with Gasteiger partial charge in [-0.2, -0.15) is 0 Å². The number of cyclic esters (lactones) is 1. The third-order valence-corrected chi connectivity index (χ3v) is 3.85. The maximum atomic E-state index is 11.6. The Labute approximate surface area is 129 Å². The summed E-state index contributed by atoms with van der Waals surface area (Å²) in [6, 6.07) is 20.2. The van der Waals surface area contributed by atoms with Crippen LogP contribution in [-0.2, 0) is 9.53 Å². The third kappa shape index (κ3) is 2.72. The van der Waals surface area contributed by atoms with Gasteiger partial charge in [0.1, 0.15) is 6.10 Å². The first-order valence-corrected chi connectivity index (χ1v) is 7.41. The molecule has 106 valence electrons. The van der Waals surface area contributed by atoms with E-state index in [4.69, 9.17) is 16.3 Å². The van der Waals surface area contributed by atoms with Crippen molar-refractivity contribution < 1.29 is 9.53 Å². The Morgan fingerprint density at radius 1 is 1.00 bits per heavy atom. The monoisotopic (exact) mass is 298 g/mol. The molecule has 1 fully saturated rings. The molecule has 0 saturated carbocycles. The number of esters is 1. The summed E-state index contributed by atoms with van der Waals surface area (Å²) in [5.41, 5.74) is 2.92. The van der Waals surface area contributed by atoms with Gasteiger partial charge in [-0.3, -0.25) is 0 Å². The van der Waals surface area contributed by atoms with Crippen molar-refractivity contribution in [3.8, 4) is 0 Å². The van der Waals surface area contributed by atoms with Crippen LogP contribution < -0.4 is 0 Å². The standard InChI is InChI=1S/C18H15ClO2/c19-12-11-15-17(21-18(15)20)16(13-7-3-1-4-8-13)14-9-5-2-6-10-14/h1-11,16-17H,12H2/b15-11+. The number of carbonyl (C=O) groups excluding carboxylic acids is 1. The lowest BCUT2D eigenvalue weighted by Gasteiger charge is -2.36. The number of ether oxygens (including phenoxy) is 1. The SMILES string of the molecule is O=C1OC(C(c2ccccc2)c2ccccc2)/C1=C\CCl. The van der Waals surface area contributed by atoms with E-state index in [9.17, 15) is 4.79 Å². The molecule has 1 aliphatic heterocycles. The van der Waals surface area contributed by atoms with Crippen LogP contribution in [-0.4, -0.2) is 18.0 Å². The highest BCUT2D eigenvalue weighted by Crippen LogP contribution is 2.38. The van der Waals surface area contributed by atoms with E-state index in [2.05, 4.69) is 24.3 Å². The van der Waals surface area contributed by atoms with E-state index in [0.717, 1.165) is 11.1 Å². The van der Waals surface area contributed by atoms with Crippen molar-refractivity contribution in [2.45, 2.75) is 12.0 Å². The Morgan fingerprint density at radius 3 is 1.95 bits per heavy atom. The molecular formula is C18H15ClO2. The molecule has 1 saturated heterocycles. The third-order valence-electron chi connectivity index (χ3n) is 3.69. The van der Waals surface area contributed by atoms with Crippen LogP contribution in [0.3, 0.4) is 0 Å². The smallest absolute Gasteiger partial charge is 0.338 e. The molecule has 3 heteroatoms. The Balaban J connectivity index is 2.02. The van der Waals surface area contributed by atoms with Crippen LogP contribution in [0.4, 0.5) is 0 Å². The summed E-state index contributed by atoms with van der Waals surface area (Å²) in [6.45, 7) is 0. The van der Waals surface area contributed by atoms with Gasteiger partial charge in [-0.25, -0.2) is 4.79 Å². The van der Waals surface area contributed by atoms with Crippen molar-refractivity contribution in [3.05, 3.63) is 83.4 Å². The maximum absolute atomic E-state index is 11.6. The van der Waals surface area contributed by atoms with Crippen LogP contribution >= 0.6 is 11.6 Å². The summed E-state index contributed by atoms with van der Waals surface area (Å²) >= 11 is 5.75. The van der Waals surface area contributed by atoms with Crippen LogP contribution in [0.15, 0.2) is 72.3 Å². The molecule has 0 aromatic heterocycles. The van der Waals surface area contributed by atoms with Gasteiger partial charge in [-0.1, -0.05) is 66.7 Å². The van der Waals surface area contributed by atoms with E-state index in [1.54, 1.807) is 6.08 Å². The van der Waals surface area contributed by atoms with Crippen molar-refractivity contribution in [1.82, 2.24) is 0 Å². The van der Waals surface area contributed by atoms with Crippen LogP contribution in [0.1, 0.15) is 17.0 Å². The lowest BCUT2D eigenvalue weighted by atomic mass is 9.81. The van der Waals surface area contributed by atoms with Gasteiger partial charge >= 0.3 is 5.97 Å². The average Bonchev–Trinajstić information content (AvgIpc) is 2.54. The number of hydrogen-bond acceptors (Lipinski definition) is 2. The predicted molar refractivity (Wildman–Crippen MR) is 83.4 cm³/mol. The molecule has 0 spiro atoms. The minimum absolute atomic E-state index is 0.000401. The largest absolute Gasteiger partial charge is 0.453 e. The van der Waals surface area contributed by atoms with Crippen molar-refractivity contribution in [1.29, 1.82) is 0 Å². The normalized spacial score (nSPS) is 19.4. The van der Waals surface area contributed by atoms with Gasteiger partial charge in [0.05, 0.1) is 11.5 Å².